The summed E-state index contributed by atoms with van der Waals surface area (Å²) in [4.78, 5) is 16.3. The van der Waals surface area contributed by atoms with Crippen LogP contribution in [0, 0.1) is 0 Å². The Balaban J connectivity index is 1.63. The summed E-state index contributed by atoms with van der Waals surface area (Å²) in [5, 5.41) is 5.41. The van der Waals surface area contributed by atoms with Crippen LogP contribution in [0.15, 0.2) is 30.3 Å². The first kappa shape index (κ1) is 16.6. The molecular formula is C19H24N6O2. The van der Waals surface area contributed by atoms with E-state index < -0.39 is 12.3 Å². The Bertz CT molecular complexity index is 947. The zero-order chi connectivity index (χ0) is 18.7. The van der Waals surface area contributed by atoms with E-state index in [9.17, 15) is 4.79 Å². The maximum atomic E-state index is 12.1. The molecule has 142 valence electrons. The van der Waals surface area contributed by atoms with Gasteiger partial charge in [-0.1, -0.05) is 0 Å². The standard InChI is InChI=1S/C19H24N6O2/c1-23-15-7-14(11-2-3-11)16(6-12(15)8-22-23)25-17(18(21)26)10-27-19(25)24-5-4-13(20)9-24/h6-8,10-11,13,19H,2-5,9,20H2,1H3,(H2,21,26)/t13?,19-/m0/s1. The number of rotatable bonds is 4. The Hall–Kier alpha value is -2.58. The molecule has 1 aromatic heterocycles. The van der Waals surface area contributed by atoms with Crippen LogP contribution in [0.5, 0.6) is 0 Å². The second-order valence-electron chi connectivity index (χ2n) is 7.76. The molecule has 2 atom stereocenters. The highest BCUT2D eigenvalue weighted by molar-refractivity contribution is 5.97. The van der Waals surface area contributed by atoms with Gasteiger partial charge in [0.05, 0.1) is 17.4 Å². The number of nitrogens with zero attached hydrogens (tertiary/aromatic N) is 4. The quantitative estimate of drug-likeness (QED) is 0.832. The average Bonchev–Trinajstić information content (AvgIpc) is 3.07. The average molecular weight is 368 g/mol. The Morgan fingerprint density at radius 2 is 2.11 bits per heavy atom. The van der Waals surface area contributed by atoms with Gasteiger partial charge in [0.1, 0.15) is 12.0 Å². The second kappa shape index (κ2) is 5.97. The number of ether oxygens (including phenoxy) is 1. The summed E-state index contributed by atoms with van der Waals surface area (Å²) >= 11 is 0. The lowest BCUT2D eigenvalue weighted by molar-refractivity contribution is -0.114. The minimum absolute atomic E-state index is 0.122. The van der Waals surface area contributed by atoms with Crippen molar-refractivity contribution in [3.63, 3.8) is 0 Å². The van der Waals surface area contributed by atoms with Crippen molar-refractivity contribution >= 4 is 22.5 Å². The van der Waals surface area contributed by atoms with E-state index in [1.54, 1.807) is 0 Å². The smallest absolute Gasteiger partial charge is 0.268 e. The monoisotopic (exact) mass is 368 g/mol. The van der Waals surface area contributed by atoms with Gasteiger partial charge < -0.3 is 16.2 Å². The summed E-state index contributed by atoms with van der Waals surface area (Å²) in [7, 11) is 1.95. The zero-order valence-corrected chi connectivity index (χ0v) is 15.3. The molecule has 27 heavy (non-hydrogen) atoms. The first-order chi connectivity index (χ1) is 13.0. The molecule has 1 saturated carbocycles. The van der Waals surface area contributed by atoms with Crippen LogP contribution in [0.25, 0.3) is 10.9 Å². The van der Waals surface area contributed by atoms with Gasteiger partial charge in [-0.2, -0.15) is 5.10 Å². The predicted octanol–water partition coefficient (Wildman–Crippen LogP) is 0.931. The molecule has 0 spiro atoms. The van der Waals surface area contributed by atoms with Crippen LogP contribution >= 0.6 is 0 Å². The molecule has 2 aromatic rings. The van der Waals surface area contributed by atoms with E-state index in [-0.39, 0.29) is 6.04 Å². The normalized spacial score (nSPS) is 25.9. The first-order valence-corrected chi connectivity index (χ1v) is 9.43. The molecule has 1 unspecified atom stereocenters. The number of anilines is 1. The number of carbonyl (C=O) groups excluding carboxylic acids is 1. The van der Waals surface area contributed by atoms with Crippen LogP contribution in [0.1, 0.15) is 30.7 Å². The van der Waals surface area contributed by atoms with Crippen LogP contribution in [0.4, 0.5) is 5.69 Å². The van der Waals surface area contributed by atoms with Crippen LogP contribution in [0.3, 0.4) is 0 Å². The van der Waals surface area contributed by atoms with Crippen molar-refractivity contribution in [2.75, 3.05) is 18.0 Å². The third kappa shape index (κ3) is 2.67. The van der Waals surface area contributed by atoms with E-state index in [1.165, 1.54) is 11.8 Å². The lowest BCUT2D eigenvalue weighted by atomic mass is 10.0. The molecule has 0 radical (unpaired) electrons. The molecule has 1 aliphatic carbocycles. The number of carbonyl (C=O) groups is 1. The number of aromatic nitrogens is 2. The molecule has 0 bridgehead atoms. The molecular weight excluding hydrogens is 344 g/mol. The van der Waals surface area contributed by atoms with Gasteiger partial charge in [-0.25, -0.2) is 4.90 Å². The molecule has 3 aliphatic rings. The molecule has 8 nitrogen and oxygen atoms in total. The van der Waals surface area contributed by atoms with Gasteiger partial charge in [0.15, 0.2) is 0 Å². The van der Waals surface area contributed by atoms with Crippen LogP contribution in [-0.2, 0) is 16.6 Å². The number of likely N-dealkylation sites (tertiary alicyclic amines) is 1. The van der Waals surface area contributed by atoms with Gasteiger partial charge in [-0.3, -0.25) is 14.4 Å². The van der Waals surface area contributed by atoms with Gasteiger partial charge in [-0.15, -0.1) is 0 Å². The minimum Gasteiger partial charge on any atom is -0.462 e. The maximum absolute atomic E-state index is 12.1. The molecule has 4 N–H and O–H groups in total. The minimum atomic E-state index is -0.492. The number of primary amides is 1. The number of hydrogen-bond donors (Lipinski definition) is 2. The van der Waals surface area contributed by atoms with Crippen LogP contribution in [-0.4, -0.2) is 46.1 Å². The number of nitrogens with two attached hydrogens (primary N) is 2. The third-order valence-electron chi connectivity index (χ3n) is 5.77. The molecule has 1 aromatic carbocycles. The van der Waals surface area contributed by atoms with Gasteiger partial charge in [-0.05, 0) is 42.9 Å². The molecule has 8 heteroatoms. The van der Waals surface area contributed by atoms with Gasteiger partial charge in [0, 0.05) is 31.6 Å². The van der Waals surface area contributed by atoms with Crippen LogP contribution in [0.2, 0.25) is 0 Å². The number of hydrogen-bond acceptors (Lipinski definition) is 6. The van der Waals surface area contributed by atoms with E-state index >= 15 is 0 Å². The topological polar surface area (TPSA) is 103 Å². The highest BCUT2D eigenvalue weighted by Crippen LogP contribution is 2.47. The first-order valence-electron chi connectivity index (χ1n) is 9.43. The molecule has 1 saturated heterocycles. The largest absolute Gasteiger partial charge is 0.462 e. The van der Waals surface area contributed by atoms with E-state index in [0.717, 1.165) is 48.9 Å². The van der Waals surface area contributed by atoms with Crippen molar-refractivity contribution in [3.8, 4) is 0 Å². The van der Waals surface area contributed by atoms with E-state index in [4.69, 9.17) is 16.2 Å². The highest BCUT2D eigenvalue weighted by atomic mass is 16.5. The summed E-state index contributed by atoms with van der Waals surface area (Å²) in [5.74, 6) is 0.00420. The zero-order valence-electron chi connectivity index (χ0n) is 15.3. The van der Waals surface area contributed by atoms with Crippen molar-refractivity contribution in [2.24, 2.45) is 18.5 Å². The summed E-state index contributed by atoms with van der Waals surface area (Å²) < 4.78 is 7.79. The lowest BCUT2D eigenvalue weighted by Gasteiger charge is -2.34. The maximum Gasteiger partial charge on any atom is 0.268 e. The molecule has 5 rings (SSSR count). The fraction of sp³-hybridized carbons (Fsp3) is 0.474. The van der Waals surface area contributed by atoms with E-state index in [0.29, 0.717) is 11.6 Å². The number of aryl methyl sites for hydroxylation is 1. The van der Waals surface area contributed by atoms with Gasteiger partial charge in [0.2, 0.25) is 6.35 Å². The summed E-state index contributed by atoms with van der Waals surface area (Å²) in [5.41, 5.74) is 15.5. The van der Waals surface area contributed by atoms with Crippen molar-refractivity contribution in [3.05, 3.63) is 35.9 Å². The SMILES string of the molecule is Cn1ncc2cc(N3C(C(N)=O)=CO[C@H]3N3CCC(N)C3)c(C3CC3)cc21. The number of fused-ring (bicyclic) bond motifs is 1. The fourth-order valence-electron chi connectivity index (χ4n) is 4.19. The van der Waals surface area contributed by atoms with Crippen molar-refractivity contribution in [2.45, 2.75) is 37.6 Å². The lowest BCUT2D eigenvalue weighted by Crippen LogP contribution is -2.47. The summed E-state index contributed by atoms with van der Waals surface area (Å²) in [6.07, 6.45) is 6.16. The summed E-state index contributed by atoms with van der Waals surface area (Å²) in [6.45, 7) is 1.56. The molecule has 2 fully saturated rings. The number of benzene rings is 1. The Morgan fingerprint density at radius 3 is 2.78 bits per heavy atom. The third-order valence-corrected chi connectivity index (χ3v) is 5.77. The van der Waals surface area contributed by atoms with Gasteiger partial charge >= 0.3 is 0 Å². The predicted molar refractivity (Wildman–Crippen MR) is 101 cm³/mol. The molecule has 2 aliphatic heterocycles. The Kier molecular flexibility index (Phi) is 3.66. The van der Waals surface area contributed by atoms with Gasteiger partial charge in [0.25, 0.3) is 5.91 Å². The summed E-state index contributed by atoms with van der Waals surface area (Å²) in [6, 6.07) is 4.42. The van der Waals surface area contributed by atoms with E-state index in [1.807, 2.05) is 22.8 Å². The van der Waals surface area contributed by atoms with E-state index in [2.05, 4.69) is 22.1 Å². The number of amides is 1. The Labute approximate surface area is 157 Å². The Morgan fingerprint density at radius 1 is 1.30 bits per heavy atom. The van der Waals surface area contributed by atoms with Crippen molar-refractivity contribution in [1.29, 1.82) is 0 Å². The molecule has 1 amide bonds. The molecule has 3 heterocycles. The fourth-order valence-corrected chi connectivity index (χ4v) is 4.19. The van der Waals surface area contributed by atoms with Crippen molar-refractivity contribution < 1.29 is 9.53 Å². The second-order valence-corrected chi connectivity index (χ2v) is 7.76. The van der Waals surface area contributed by atoms with Crippen LogP contribution < -0.4 is 16.4 Å². The highest BCUT2D eigenvalue weighted by Gasteiger charge is 2.41. The van der Waals surface area contributed by atoms with Crippen molar-refractivity contribution in [1.82, 2.24) is 14.7 Å².